The molecule has 2 aromatic rings. The lowest BCUT2D eigenvalue weighted by atomic mass is 10.1. The summed E-state index contributed by atoms with van der Waals surface area (Å²) in [5.41, 5.74) is 1.35. The van der Waals surface area contributed by atoms with Crippen molar-refractivity contribution < 1.29 is 28.8 Å². The number of para-hydroxylation sites is 1. The number of rotatable bonds is 5. The Morgan fingerprint density at radius 3 is 2.46 bits per heavy atom. The molecule has 134 valence electrons. The van der Waals surface area contributed by atoms with Crippen molar-refractivity contribution in [3.63, 3.8) is 0 Å². The molecule has 0 saturated heterocycles. The maximum absolute atomic E-state index is 12.3. The highest BCUT2D eigenvalue weighted by Crippen LogP contribution is 2.37. The maximum atomic E-state index is 12.3. The quantitative estimate of drug-likeness (QED) is 0.655. The minimum atomic E-state index is -0.521. The molecule has 0 bridgehead atoms. The first kappa shape index (κ1) is 17.4. The number of phenolic OH excluding ortho intramolecular Hbond substituents is 1. The first-order valence-electron chi connectivity index (χ1n) is 7.81. The van der Waals surface area contributed by atoms with Crippen LogP contribution in [0.5, 0.6) is 23.0 Å². The highest BCUT2D eigenvalue weighted by Gasteiger charge is 2.25. The van der Waals surface area contributed by atoms with E-state index in [0.717, 1.165) is 0 Å². The Balaban J connectivity index is 2.03. The summed E-state index contributed by atoms with van der Waals surface area (Å²) in [7, 11) is 4.55. The molecule has 0 atom stereocenters. The number of methoxy groups -OCH3 is 3. The van der Waals surface area contributed by atoms with Gasteiger partial charge < -0.3 is 24.1 Å². The fraction of sp³-hybridized carbons (Fsp3) is 0.150. The Hall–Kier alpha value is -3.41. The largest absolute Gasteiger partial charge is 0.504 e. The predicted octanol–water partition coefficient (Wildman–Crippen LogP) is 3.40. The number of cyclic esters (lactones) is 1. The van der Waals surface area contributed by atoms with Gasteiger partial charge in [-0.2, -0.15) is 0 Å². The lowest BCUT2D eigenvalue weighted by Crippen LogP contribution is -1.99. The van der Waals surface area contributed by atoms with Crippen LogP contribution in [-0.4, -0.2) is 32.4 Å². The van der Waals surface area contributed by atoms with Crippen molar-refractivity contribution in [2.24, 2.45) is 0 Å². The summed E-state index contributed by atoms with van der Waals surface area (Å²) in [6.45, 7) is 0. The summed E-state index contributed by atoms with van der Waals surface area (Å²) in [6.07, 6.45) is 3.14. The van der Waals surface area contributed by atoms with Crippen LogP contribution in [0.4, 0.5) is 0 Å². The molecule has 0 aliphatic carbocycles. The minimum Gasteiger partial charge on any atom is -0.504 e. The number of carbonyl (C=O) groups is 1. The van der Waals surface area contributed by atoms with Gasteiger partial charge in [0.2, 0.25) is 0 Å². The average Bonchev–Trinajstić information content (AvgIpc) is 3.03. The lowest BCUT2D eigenvalue weighted by Gasteiger charge is -2.10. The van der Waals surface area contributed by atoms with E-state index in [1.54, 1.807) is 55.7 Å². The third-order valence-corrected chi connectivity index (χ3v) is 3.96. The van der Waals surface area contributed by atoms with Gasteiger partial charge in [-0.25, -0.2) is 4.79 Å². The third kappa shape index (κ3) is 3.21. The van der Waals surface area contributed by atoms with Crippen molar-refractivity contribution in [2.75, 3.05) is 21.3 Å². The zero-order chi connectivity index (χ0) is 18.7. The summed E-state index contributed by atoms with van der Waals surface area (Å²) in [5.74, 6) is 1.27. The van der Waals surface area contributed by atoms with Crippen molar-refractivity contribution in [1.82, 2.24) is 0 Å². The van der Waals surface area contributed by atoms with Crippen molar-refractivity contribution >= 4 is 17.8 Å². The molecule has 0 radical (unpaired) electrons. The molecule has 1 N–H and O–H groups in total. The van der Waals surface area contributed by atoms with Crippen LogP contribution in [-0.2, 0) is 9.53 Å². The van der Waals surface area contributed by atoms with E-state index in [0.29, 0.717) is 39.7 Å². The number of carbonyl (C=O) groups excluding carboxylic acids is 1. The first-order chi connectivity index (χ1) is 12.6. The van der Waals surface area contributed by atoms with E-state index in [9.17, 15) is 9.90 Å². The summed E-state index contributed by atoms with van der Waals surface area (Å²) in [4.78, 5) is 12.3. The van der Waals surface area contributed by atoms with Gasteiger partial charge in [0.25, 0.3) is 0 Å². The molecule has 1 aliphatic heterocycles. The number of phenols is 1. The molecule has 26 heavy (non-hydrogen) atoms. The van der Waals surface area contributed by atoms with E-state index < -0.39 is 5.97 Å². The maximum Gasteiger partial charge on any atom is 0.343 e. The van der Waals surface area contributed by atoms with Crippen LogP contribution < -0.4 is 14.2 Å². The second kappa shape index (κ2) is 7.23. The van der Waals surface area contributed by atoms with Crippen LogP contribution >= 0.6 is 0 Å². The highest BCUT2D eigenvalue weighted by molar-refractivity contribution is 6.05. The standard InChI is InChI=1S/C20H18O6/c1-23-14-7-8-16(24-2)15(11-14)18-10-13(20(22)26-18)9-12-5-4-6-17(25-3)19(12)21/h4-11,21H,1-3H3/b13-9+. The van der Waals surface area contributed by atoms with Gasteiger partial charge in [-0.3, -0.25) is 0 Å². The van der Waals surface area contributed by atoms with Crippen LogP contribution in [0.25, 0.3) is 11.8 Å². The molecule has 0 amide bonds. The molecule has 6 nitrogen and oxygen atoms in total. The number of ether oxygens (including phenoxy) is 4. The van der Waals surface area contributed by atoms with Gasteiger partial charge in [0.1, 0.15) is 17.3 Å². The summed E-state index contributed by atoms with van der Waals surface area (Å²) in [5, 5.41) is 10.2. The molecule has 0 fully saturated rings. The molecule has 0 saturated carbocycles. The van der Waals surface area contributed by atoms with Gasteiger partial charge >= 0.3 is 5.97 Å². The van der Waals surface area contributed by atoms with Gasteiger partial charge in [-0.1, -0.05) is 12.1 Å². The van der Waals surface area contributed by atoms with Crippen LogP contribution in [0.3, 0.4) is 0 Å². The van der Waals surface area contributed by atoms with Crippen LogP contribution in [0.2, 0.25) is 0 Å². The third-order valence-electron chi connectivity index (χ3n) is 3.96. The normalized spacial score (nSPS) is 14.8. The monoisotopic (exact) mass is 354 g/mol. The second-order valence-electron chi connectivity index (χ2n) is 5.46. The topological polar surface area (TPSA) is 74.2 Å². The smallest absolute Gasteiger partial charge is 0.343 e. The van der Waals surface area contributed by atoms with E-state index in [4.69, 9.17) is 18.9 Å². The Morgan fingerprint density at radius 1 is 1.00 bits per heavy atom. The lowest BCUT2D eigenvalue weighted by molar-refractivity contribution is -0.130. The van der Waals surface area contributed by atoms with Crippen molar-refractivity contribution in [3.8, 4) is 23.0 Å². The van der Waals surface area contributed by atoms with Crippen molar-refractivity contribution in [2.45, 2.75) is 0 Å². The molecule has 0 aromatic heterocycles. The first-order valence-corrected chi connectivity index (χ1v) is 7.81. The molecule has 2 aromatic carbocycles. The van der Waals surface area contributed by atoms with Crippen LogP contribution in [0.15, 0.2) is 48.0 Å². The highest BCUT2D eigenvalue weighted by atomic mass is 16.5. The molecule has 0 spiro atoms. The average molecular weight is 354 g/mol. The van der Waals surface area contributed by atoms with E-state index >= 15 is 0 Å². The summed E-state index contributed by atoms with van der Waals surface area (Å²) in [6, 6.07) is 10.2. The Bertz CT molecular complexity index is 911. The van der Waals surface area contributed by atoms with Gasteiger partial charge in [-0.05, 0) is 36.4 Å². The summed E-state index contributed by atoms with van der Waals surface area (Å²) >= 11 is 0. The molecule has 0 unspecified atom stereocenters. The Labute approximate surface area is 150 Å². The summed E-state index contributed by atoms with van der Waals surface area (Å²) < 4.78 is 21.0. The fourth-order valence-corrected chi connectivity index (χ4v) is 2.62. The molecular formula is C20H18O6. The zero-order valence-electron chi connectivity index (χ0n) is 14.6. The van der Waals surface area contributed by atoms with Crippen LogP contribution in [0, 0.1) is 0 Å². The predicted molar refractivity (Wildman–Crippen MR) is 96.3 cm³/mol. The Kier molecular flexibility index (Phi) is 4.84. The van der Waals surface area contributed by atoms with E-state index in [2.05, 4.69) is 0 Å². The molecule has 1 aliphatic rings. The molecular weight excluding hydrogens is 336 g/mol. The molecule has 6 heteroatoms. The second-order valence-corrected chi connectivity index (χ2v) is 5.46. The van der Waals surface area contributed by atoms with E-state index in [-0.39, 0.29) is 5.75 Å². The van der Waals surface area contributed by atoms with Gasteiger partial charge in [0.15, 0.2) is 11.5 Å². The molecule has 3 rings (SSSR count). The number of hydrogen-bond donors (Lipinski definition) is 1. The van der Waals surface area contributed by atoms with E-state index in [1.165, 1.54) is 14.2 Å². The van der Waals surface area contributed by atoms with Crippen molar-refractivity contribution in [3.05, 3.63) is 59.2 Å². The van der Waals surface area contributed by atoms with Crippen LogP contribution in [0.1, 0.15) is 11.1 Å². The fourth-order valence-electron chi connectivity index (χ4n) is 2.62. The number of hydrogen-bond acceptors (Lipinski definition) is 6. The SMILES string of the molecule is COc1ccc(OC)c(C2=C/C(=C\c3cccc(OC)c3O)C(=O)O2)c1. The Morgan fingerprint density at radius 2 is 1.77 bits per heavy atom. The number of benzene rings is 2. The zero-order valence-corrected chi connectivity index (χ0v) is 14.6. The van der Waals surface area contributed by atoms with Gasteiger partial charge in [0, 0.05) is 5.56 Å². The molecule has 1 heterocycles. The minimum absolute atomic E-state index is 0.0453. The van der Waals surface area contributed by atoms with Gasteiger partial charge in [0.05, 0.1) is 32.5 Å². The van der Waals surface area contributed by atoms with Crippen molar-refractivity contribution in [1.29, 1.82) is 0 Å². The number of esters is 1. The van der Waals surface area contributed by atoms with E-state index in [1.807, 2.05) is 0 Å². The number of aromatic hydroxyl groups is 1. The van der Waals surface area contributed by atoms with Gasteiger partial charge in [-0.15, -0.1) is 0 Å².